The Morgan fingerprint density at radius 2 is 2.33 bits per heavy atom. The molecule has 2 heterocycles. The van der Waals surface area contributed by atoms with E-state index in [0.29, 0.717) is 17.9 Å². The van der Waals surface area contributed by atoms with Crippen molar-refractivity contribution in [3.63, 3.8) is 0 Å². The van der Waals surface area contributed by atoms with Crippen molar-refractivity contribution in [2.24, 2.45) is 0 Å². The van der Waals surface area contributed by atoms with Crippen LogP contribution >= 0.6 is 23.5 Å². The molecule has 1 aromatic heterocycles. The summed E-state index contributed by atoms with van der Waals surface area (Å²) in [5, 5.41) is 0.0461. The third-order valence-corrected chi connectivity index (χ3v) is 6.56. The van der Waals surface area contributed by atoms with Gasteiger partial charge in [-0.15, -0.1) is 11.8 Å². The Morgan fingerprint density at radius 3 is 3.00 bits per heavy atom. The Bertz CT molecular complexity index is 619. The predicted octanol–water partition coefficient (Wildman–Crippen LogP) is 1.75. The summed E-state index contributed by atoms with van der Waals surface area (Å²) >= 11 is 3.12. The lowest BCUT2D eigenvalue weighted by molar-refractivity contribution is 0.0749. The number of rotatable bonds is 4. The van der Waals surface area contributed by atoms with Crippen molar-refractivity contribution < 1.29 is 13.2 Å². The summed E-state index contributed by atoms with van der Waals surface area (Å²) in [6, 6.07) is 3.38. The summed E-state index contributed by atoms with van der Waals surface area (Å²) in [6.07, 6.45) is 2.79. The van der Waals surface area contributed by atoms with Gasteiger partial charge in [0.25, 0.3) is 5.91 Å². The molecule has 0 radical (unpaired) electrons. The molecule has 21 heavy (non-hydrogen) atoms. The number of thioether (sulfide) groups is 2. The van der Waals surface area contributed by atoms with Crippen LogP contribution in [0.4, 0.5) is 0 Å². The lowest BCUT2D eigenvalue weighted by atomic mass is 10.2. The highest BCUT2D eigenvalue weighted by atomic mass is 32.2. The zero-order valence-corrected chi connectivity index (χ0v) is 14.4. The van der Waals surface area contributed by atoms with Gasteiger partial charge in [-0.25, -0.2) is 13.4 Å². The van der Waals surface area contributed by atoms with Crippen molar-refractivity contribution in [3.8, 4) is 0 Å². The van der Waals surface area contributed by atoms with Crippen molar-refractivity contribution in [2.45, 2.75) is 17.3 Å². The highest BCUT2D eigenvalue weighted by Gasteiger charge is 2.34. The molecule has 1 aliphatic heterocycles. The summed E-state index contributed by atoms with van der Waals surface area (Å²) in [7, 11) is -3.28. The highest BCUT2D eigenvalue weighted by molar-refractivity contribution is 8.01. The van der Waals surface area contributed by atoms with Gasteiger partial charge >= 0.3 is 0 Å². The van der Waals surface area contributed by atoms with Gasteiger partial charge in [0.1, 0.15) is 5.37 Å². The van der Waals surface area contributed by atoms with Crippen molar-refractivity contribution in [1.29, 1.82) is 0 Å². The SMILES string of the molecule is CCSc1cc(C(=O)N2CCSC[C@@H]2S(C)(=O)=O)ccn1. The molecule has 1 amide bonds. The van der Waals surface area contributed by atoms with Gasteiger partial charge in [0, 0.05) is 36.1 Å². The van der Waals surface area contributed by atoms with Crippen LogP contribution in [-0.2, 0) is 9.84 Å². The zero-order valence-electron chi connectivity index (χ0n) is 12.0. The van der Waals surface area contributed by atoms with E-state index < -0.39 is 15.2 Å². The maximum atomic E-state index is 12.6. The van der Waals surface area contributed by atoms with Crippen molar-refractivity contribution in [3.05, 3.63) is 23.9 Å². The third kappa shape index (κ3) is 4.14. The Morgan fingerprint density at radius 1 is 1.57 bits per heavy atom. The Hall–Kier alpha value is -0.730. The first-order valence-corrected chi connectivity index (χ1v) is 10.7. The average Bonchev–Trinajstić information content (AvgIpc) is 2.46. The average molecular weight is 346 g/mol. The van der Waals surface area contributed by atoms with E-state index in [1.807, 2.05) is 6.92 Å². The minimum absolute atomic E-state index is 0.230. The fourth-order valence-electron chi connectivity index (χ4n) is 2.10. The molecule has 1 atom stereocenters. The quantitative estimate of drug-likeness (QED) is 0.774. The Balaban J connectivity index is 2.27. The fourth-order valence-corrected chi connectivity index (χ4v) is 5.56. The maximum Gasteiger partial charge on any atom is 0.255 e. The molecule has 0 spiro atoms. The number of nitrogens with zero attached hydrogens (tertiary/aromatic N) is 2. The van der Waals surface area contributed by atoms with Crippen LogP contribution < -0.4 is 0 Å². The number of sulfone groups is 1. The summed E-state index contributed by atoms with van der Waals surface area (Å²) in [4.78, 5) is 18.3. The minimum atomic E-state index is -3.28. The Kier molecular flexibility index (Phi) is 5.56. The van der Waals surface area contributed by atoms with Gasteiger partial charge < -0.3 is 4.90 Å². The second kappa shape index (κ2) is 7.02. The van der Waals surface area contributed by atoms with Gasteiger partial charge in [-0.05, 0) is 17.9 Å². The number of carbonyl (C=O) groups is 1. The van der Waals surface area contributed by atoms with E-state index in [0.717, 1.165) is 16.5 Å². The van der Waals surface area contributed by atoms with E-state index in [4.69, 9.17) is 0 Å². The second-order valence-corrected chi connectivity index (χ2v) is 9.31. The number of pyridine rings is 1. The van der Waals surface area contributed by atoms with E-state index in [1.54, 1.807) is 41.9 Å². The van der Waals surface area contributed by atoms with Crippen LogP contribution in [0.3, 0.4) is 0 Å². The first kappa shape index (κ1) is 16.6. The van der Waals surface area contributed by atoms with E-state index in [-0.39, 0.29) is 5.91 Å². The number of hydrogen-bond donors (Lipinski definition) is 0. The smallest absolute Gasteiger partial charge is 0.255 e. The van der Waals surface area contributed by atoms with Crippen LogP contribution in [-0.4, -0.2) is 59.6 Å². The molecule has 2 rings (SSSR count). The summed E-state index contributed by atoms with van der Waals surface area (Å²) < 4.78 is 23.8. The molecule has 0 aromatic carbocycles. The minimum Gasteiger partial charge on any atom is -0.320 e. The topological polar surface area (TPSA) is 67.3 Å². The maximum absolute atomic E-state index is 12.6. The van der Waals surface area contributed by atoms with Crippen LogP contribution in [0.15, 0.2) is 23.4 Å². The molecule has 0 N–H and O–H groups in total. The van der Waals surface area contributed by atoms with Gasteiger partial charge in [-0.1, -0.05) is 6.92 Å². The number of carbonyl (C=O) groups excluding carboxylic acids is 1. The van der Waals surface area contributed by atoms with Gasteiger partial charge in [0.15, 0.2) is 9.84 Å². The fraction of sp³-hybridized carbons (Fsp3) is 0.538. The highest BCUT2D eigenvalue weighted by Crippen LogP contribution is 2.23. The van der Waals surface area contributed by atoms with Crippen molar-refractivity contribution in [2.75, 3.05) is 30.1 Å². The van der Waals surface area contributed by atoms with Gasteiger partial charge in [-0.2, -0.15) is 11.8 Å². The van der Waals surface area contributed by atoms with Crippen LogP contribution in [0, 0.1) is 0 Å². The summed E-state index contributed by atoms with van der Waals surface area (Å²) in [5.41, 5.74) is 0.501. The largest absolute Gasteiger partial charge is 0.320 e. The molecule has 0 bridgehead atoms. The van der Waals surface area contributed by atoms with Crippen molar-refractivity contribution in [1.82, 2.24) is 9.88 Å². The number of aromatic nitrogens is 1. The first-order valence-electron chi connectivity index (χ1n) is 6.60. The molecule has 1 fully saturated rings. The molecule has 1 saturated heterocycles. The predicted molar refractivity (Wildman–Crippen MR) is 87.6 cm³/mol. The monoisotopic (exact) mass is 346 g/mol. The van der Waals surface area contributed by atoms with E-state index in [1.165, 1.54) is 11.2 Å². The standard InChI is InChI=1S/C13H18N2O3S3/c1-3-20-11-8-10(4-5-14-11)13(16)15-6-7-19-9-12(15)21(2,17)18/h4-5,8,12H,3,6-7,9H2,1-2H3/t12-/m0/s1. The molecule has 8 heteroatoms. The van der Waals surface area contributed by atoms with Crippen LogP contribution in [0.2, 0.25) is 0 Å². The van der Waals surface area contributed by atoms with E-state index in [9.17, 15) is 13.2 Å². The van der Waals surface area contributed by atoms with Crippen LogP contribution in [0.5, 0.6) is 0 Å². The molecule has 116 valence electrons. The summed E-state index contributed by atoms with van der Waals surface area (Å²) in [6.45, 7) is 2.47. The van der Waals surface area contributed by atoms with E-state index in [2.05, 4.69) is 4.98 Å². The number of amides is 1. The molecule has 1 aromatic rings. The Labute approximate surface area is 133 Å². The van der Waals surface area contributed by atoms with E-state index >= 15 is 0 Å². The van der Waals surface area contributed by atoms with Crippen LogP contribution in [0.25, 0.3) is 0 Å². The molecule has 5 nitrogen and oxygen atoms in total. The normalized spacial score (nSPS) is 19.5. The molecular weight excluding hydrogens is 328 g/mol. The third-order valence-electron chi connectivity index (χ3n) is 3.11. The first-order chi connectivity index (χ1) is 9.93. The lowest BCUT2D eigenvalue weighted by Crippen LogP contribution is -2.49. The molecule has 1 aliphatic rings. The van der Waals surface area contributed by atoms with Gasteiger partial charge in [0.05, 0.1) is 5.03 Å². The van der Waals surface area contributed by atoms with Gasteiger partial charge in [0.2, 0.25) is 0 Å². The lowest BCUT2D eigenvalue weighted by Gasteiger charge is -2.34. The molecule has 0 saturated carbocycles. The number of hydrogen-bond acceptors (Lipinski definition) is 6. The second-order valence-electron chi connectivity index (χ2n) is 4.67. The summed E-state index contributed by atoms with van der Waals surface area (Å²) in [5.74, 6) is 1.84. The zero-order chi connectivity index (χ0) is 15.5. The van der Waals surface area contributed by atoms with Crippen molar-refractivity contribution >= 4 is 39.3 Å². The van der Waals surface area contributed by atoms with Gasteiger partial charge in [-0.3, -0.25) is 4.79 Å². The van der Waals surface area contributed by atoms with Crippen LogP contribution in [0.1, 0.15) is 17.3 Å². The molecule has 0 unspecified atom stereocenters. The molecular formula is C13H18N2O3S3. The molecule has 0 aliphatic carbocycles.